The summed E-state index contributed by atoms with van der Waals surface area (Å²) in [6, 6.07) is 1.11. The van der Waals surface area contributed by atoms with Crippen molar-refractivity contribution in [1.29, 1.82) is 0 Å². The number of carbonyl (C=O) groups excluding carboxylic acids is 1. The van der Waals surface area contributed by atoms with Crippen molar-refractivity contribution in [3.05, 3.63) is 27.9 Å². The molecule has 4 N–H and O–H groups in total. The van der Waals surface area contributed by atoms with E-state index in [-0.39, 0.29) is 22.5 Å². The summed E-state index contributed by atoms with van der Waals surface area (Å²) in [6.07, 6.45) is 2.24. The predicted molar refractivity (Wildman–Crippen MR) is 72.9 cm³/mol. The summed E-state index contributed by atoms with van der Waals surface area (Å²) in [5, 5.41) is 13.5. The number of hydrazine groups is 1. The first kappa shape index (κ1) is 14.2. The summed E-state index contributed by atoms with van der Waals surface area (Å²) in [7, 11) is 0. The Bertz CT molecular complexity index is 558. The number of pyridine rings is 1. The zero-order valence-electron chi connectivity index (χ0n) is 11.3. The van der Waals surface area contributed by atoms with Crippen LogP contribution in [-0.2, 0) is 0 Å². The van der Waals surface area contributed by atoms with E-state index >= 15 is 0 Å². The van der Waals surface area contributed by atoms with E-state index in [2.05, 4.69) is 29.6 Å². The lowest BCUT2D eigenvalue weighted by molar-refractivity contribution is -0.389. The van der Waals surface area contributed by atoms with E-state index in [1.165, 1.54) is 6.20 Å². The summed E-state index contributed by atoms with van der Waals surface area (Å²) in [5.41, 5.74) is 2.94. The van der Waals surface area contributed by atoms with Crippen LogP contribution in [0.15, 0.2) is 12.3 Å². The van der Waals surface area contributed by atoms with Gasteiger partial charge in [-0.3, -0.25) is 10.6 Å². The molecule has 1 amide bonds. The van der Waals surface area contributed by atoms with Crippen LogP contribution in [0.3, 0.4) is 0 Å². The molecule has 8 heteroatoms. The summed E-state index contributed by atoms with van der Waals surface area (Å²) in [6.45, 7) is 4.81. The summed E-state index contributed by atoms with van der Waals surface area (Å²) in [4.78, 5) is 25.7. The van der Waals surface area contributed by atoms with Crippen molar-refractivity contribution in [2.45, 2.75) is 20.3 Å². The molecule has 0 spiro atoms. The van der Waals surface area contributed by atoms with Gasteiger partial charge in [0.1, 0.15) is 5.69 Å². The number of carbonyl (C=O) groups is 1. The van der Waals surface area contributed by atoms with Gasteiger partial charge in [0.15, 0.2) is 6.20 Å². The van der Waals surface area contributed by atoms with Crippen LogP contribution in [0.5, 0.6) is 0 Å². The highest BCUT2D eigenvalue weighted by Gasteiger charge is 2.45. The van der Waals surface area contributed by atoms with Crippen molar-refractivity contribution in [2.75, 3.05) is 12.0 Å². The molecule has 1 aliphatic rings. The fourth-order valence-corrected chi connectivity index (χ4v) is 2.08. The number of nitrogen functional groups attached to an aromatic ring is 1. The number of anilines is 1. The number of nitrogens with zero attached hydrogens (tertiary/aromatic N) is 2. The van der Waals surface area contributed by atoms with Crippen LogP contribution in [0.2, 0.25) is 0 Å². The lowest BCUT2D eigenvalue weighted by Crippen LogP contribution is -2.28. The van der Waals surface area contributed by atoms with E-state index in [1.807, 2.05) is 0 Å². The highest BCUT2D eigenvalue weighted by molar-refractivity contribution is 5.99. The predicted octanol–water partition coefficient (Wildman–Crippen LogP) is 1.05. The molecular weight excluding hydrogens is 262 g/mol. The van der Waals surface area contributed by atoms with Crippen molar-refractivity contribution < 1.29 is 9.72 Å². The molecule has 0 radical (unpaired) electrons. The Labute approximate surface area is 115 Å². The van der Waals surface area contributed by atoms with Gasteiger partial charge in [0.2, 0.25) is 0 Å². The minimum atomic E-state index is -0.652. The van der Waals surface area contributed by atoms with Gasteiger partial charge in [-0.2, -0.15) is 0 Å². The first-order valence-electron chi connectivity index (χ1n) is 6.24. The Morgan fingerprint density at radius 2 is 2.30 bits per heavy atom. The van der Waals surface area contributed by atoms with E-state index in [0.717, 1.165) is 12.5 Å². The van der Waals surface area contributed by atoms with Crippen LogP contribution in [0.25, 0.3) is 0 Å². The largest absolute Gasteiger partial charge is 0.364 e. The standard InChI is InChI=1S/C12H17N5O3/c1-12(2)4-7(12)5-15-11(18)8-3-10(17(19)20)14-6-9(8)16-13/h3,6-7,16H,4-5,13H2,1-2H3,(H,15,18). The van der Waals surface area contributed by atoms with Gasteiger partial charge >= 0.3 is 5.82 Å². The van der Waals surface area contributed by atoms with Crippen molar-refractivity contribution in [1.82, 2.24) is 10.3 Å². The molecule has 108 valence electrons. The SMILES string of the molecule is CC1(C)CC1CNC(=O)c1cc([N+](=O)[O-])ncc1NN. The van der Waals surface area contributed by atoms with Gasteiger partial charge in [0.25, 0.3) is 5.91 Å². The molecule has 1 aromatic rings. The topological polar surface area (TPSA) is 123 Å². The molecule has 1 unspecified atom stereocenters. The zero-order chi connectivity index (χ0) is 14.9. The fourth-order valence-electron chi connectivity index (χ4n) is 2.08. The number of nitrogens with one attached hydrogen (secondary N) is 2. The third kappa shape index (κ3) is 2.85. The number of hydrogen-bond acceptors (Lipinski definition) is 6. The Kier molecular flexibility index (Phi) is 3.58. The Hall–Kier alpha value is -2.22. The third-order valence-corrected chi connectivity index (χ3v) is 3.70. The number of nitro groups is 1. The molecule has 2 rings (SSSR count). The first-order valence-corrected chi connectivity index (χ1v) is 6.24. The molecule has 0 aromatic carbocycles. The normalized spacial score (nSPS) is 19.2. The molecule has 1 aromatic heterocycles. The van der Waals surface area contributed by atoms with E-state index in [4.69, 9.17) is 5.84 Å². The quantitative estimate of drug-likeness (QED) is 0.420. The molecular formula is C12H17N5O3. The van der Waals surface area contributed by atoms with Gasteiger partial charge < -0.3 is 20.9 Å². The van der Waals surface area contributed by atoms with Crippen LogP contribution in [0, 0.1) is 21.4 Å². The number of nitrogens with two attached hydrogens (primary N) is 1. The van der Waals surface area contributed by atoms with E-state index in [1.54, 1.807) is 0 Å². The van der Waals surface area contributed by atoms with Gasteiger partial charge in [-0.15, -0.1) is 0 Å². The minimum Gasteiger partial charge on any atom is -0.358 e. The average Bonchev–Trinajstić information content (AvgIpc) is 3.02. The van der Waals surface area contributed by atoms with Gasteiger partial charge in [-0.25, -0.2) is 0 Å². The molecule has 20 heavy (non-hydrogen) atoms. The highest BCUT2D eigenvalue weighted by atomic mass is 16.6. The fraction of sp³-hybridized carbons (Fsp3) is 0.500. The smallest absolute Gasteiger partial charge is 0.358 e. The molecule has 1 atom stereocenters. The summed E-state index contributed by atoms with van der Waals surface area (Å²) < 4.78 is 0. The first-order chi connectivity index (χ1) is 9.35. The summed E-state index contributed by atoms with van der Waals surface area (Å²) >= 11 is 0. The average molecular weight is 279 g/mol. The lowest BCUT2D eigenvalue weighted by atomic mass is 10.1. The molecule has 1 heterocycles. The maximum atomic E-state index is 12.1. The molecule has 0 bridgehead atoms. The monoisotopic (exact) mass is 279 g/mol. The molecule has 0 aliphatic heterocycles. The molecule has 1 fully saturated rings. The second-order valence-corrected chi connectivity index (χ2v) is 5.59. The number of amides is 1. The van der Waals surface area contributed by atoms with Gasteiger partial charge in [-0.1, -0.05) is 13.8 Å². The minimum absolute atomic E-state index is 0.118. The third-order valence-electron chi connectivity index (χ3n) is 3.70. The molecule has 1 aliphatic carbocycles. The zero-order valence-corrected chi connectivity index (χ0v) is 11.3. The molecule has 0 saturated heterocycles. The second-order valence-electron chi connectivity index (χ2n) is 5.59. The number of rotatable bonds is 5. The van der Waals surface area contributed by atoms with Crippen molar-refractivity contribution in [3.8, 4) is 0 Å². The van der Waals surface area contributed by atoms with Crippen molar-refractivity contribution in [3.63, 3.8) is 0 Å². The highest BCUT2D eigenvalue weighted by Crippen LogP contribution is 2.51. The Balaban J connectivity index is 2.11. The van der Waals surface area contributed by atoms with Crippen LogP contribution in [-0.4, -0.2) is 22.4 Å². The maximum Gasteiger partial charge on any atom is 0.364 e. The van der Waals surface area contributed by atoms with Crippen LogP contribution in [0.4, 0.5) is 11.5 Å². The van der Waals surface area contributed by atoms with Gasteiger partial charge in [0.05, 0.1) is 11.6 Å². The van der Waals surface area contributed by atoms with Gasteiger partial charge in [0, 0.05) is 6.54 Å². The maximum absolute atomic E-state index is 12.1. The van der Waals surface area contributed by atoms with Gasteiger partial charge in [-0.05, 0) is 27.7 Å². The van der Waals surface area contributed by atoms with E-state index in [9.17, 15) is 14.9 Å². The van der Waals surface area contributed by atoms with Crippen LogP contribution >= 0.6 is 0 Å². The van der Waals surface area contributed by atoms with E-state index < -0.39 is 10.8 Å². The van der Waals surface area contributed by atoms with Crippen molar-refractivity contribution >= 4 is 17.4 Å². The van der Waals surface area contributed by atoms with E-state index in [0.29, 0.717) is 12.5 Å². The number of aromatic nitrogens is 1. The summed E-state index contributed by atoms with van der Waals surface area (Å²) in [5.74, 6) is 4.94. The lowest BCUT2D eigenvalue weighted by Gasteiger charge is -2.09. The molecule has 1 saturated carbocycles. The Morgan fingerprint density at radius 3 is 2.80 bits per heavy atom. The van der Waals surface area contributed by atoms with Crippen LogP contribution < -0.4 is 16.6 Å². The second kappa shape index (κ2) is 5.04. The Morgan fingerprint density at radius 1 is 1.65 bits per heavy atom. The molecule has 8 nitrogen and oxygen atoms in total. The number of hydrogen-bond donors (Lipinski definition) is 3. The van der Waals surface area contributed by atoms with Crippen LogP contribution in [0.1, 0.15) is 30.6 Å². The van der Waals surface area contributed by atoms with Crippen molar-refractivity contribution in [2.24, 2.45) is 17.2 Å².